The van der Waals surface area contributed by atoms with E-state index < -0.39 is 0 Å². The molecule has 0 fully saturated rings. The maximum absolute atomic E-state index is 5.84. The minimum absolute atomic E-state index is 0.160. The molecule has 0 amide bonds. The SMILES string of the molecule is COc1ccc(C2COc3cc(Br)ccc3N2)cc1C. The van der Waals surface area contributed by atoms with Gasteiger partial charge in [-0.05, 0) is 42.3 Å². The highest BCUT2D eigenvalue weighted by Crippen LogP contribution is 2.36. The topological polar surface area (TPSA) is 30.5 Å². The Morgan fingerprint density at radius 1 is 1.25 bits per heavy atom. The molecule has 104 valence electrons. The summed E-state index contributed by atoms with van der Waals surface area (Å²) in [5, 5.41) is 3.52. The second kappa shape index (κ2) is 5.37. The molecule has 3 rings (SSSR count). The summed E-state index contributed by atoms with van der Waals surface area (Å²) in [6.07, 6.45) is 0. The summed E-state index contributed by atoms with van der Waals surface area (Å²) in [4.78, 5) is 0. The van der Waals surface area contributed by atoms with E-state index in [1.165, 1.54) is 5.56 Å². The Morgan fingerprint density at radius 3 is 2.85 bits per heavy atom. The summed E-state index contributed by atoms with van der Waals surface area (Å²) in [6.45, 7) is 2.67. The Balaban J connectivity index is 1.86. The molecule has 0 aromatic heterocycles. The van der Waals surface area contributed by atoms with Crippen molar-refractivity contribution in [2.24, 2.45) is 0 Å². The molecular formula is C16H16BrNO2. The molecule has 1 unspecified atom stereocenters. The van der Waals surface area contributed by atoms with E-state index in [-0.39, 0.29) is 6.04 Å². The maximum Gasteiger partial charge on any atom is 0.143 e. The molecule has 1 atom stereocenters. The van der Waals surface area contributed by atoms with E-state index in [4.69, 9.17) is 9.47 Å². The van der Waals surface area contributed by atoms with E-state index in [2.05, 4.69) is 40.3 Å². The van der Waals surface area contributed by atoms with Gasteiger partial charge in [-0.2, -0.15) is 0 Å². The lowest BCUT2D eigenvalue weighted by molar-refractivity contribution is 0.286. The van der Waals surface area contributed by atoms with Gasteiger partial charge in [0, 0.05) is 4.47 Å². The van der Waals surface area contributed by atoms with Crippen molar-refractivity contribution >= 4 is 21.6 Å². The van der Waals surface area contributed by atoms with Crippen LogP contribution in [0.25, 0.3) is 0 Å². The Morgan fingerprint density at radius 2 is 2.10 bits per heavy atom. The number of rotatable bonds is 2. The zero-order chi connectivity index (χ0) is 14.1. The van der Waals surface area contributed by atoms with Gasteiger partial charge >= 0.3 is 0 Å². The standard InChI is InChI=1S/C16H16BrNO2/c1-10-7-11(3-6-15(10)19-2)14-9-20-16-8-12(17)4-5-13(16)18-14/h3-8,14,18H,9H2,1-2H3. The lowest BCUT2D eigenvalue weighted by Gasteiger charge is -2.28. The number of halogens is 1. The van der Waals surface area contributed by atoms with Gasteiger partial charge in [0.2, 0.25) is 0 Å². The molecular weight excluding hydrogens is 318 g/mol. The number of hydrogen-bond acceptors (Lipinski definition) is 3. The van der Waals surface area contributed by atoms with Crippen molar-refractivity contribution in [2.75, 3.05) is 19.0 Å². The Bertz CT molecular complexity index is 642. The molecule has 2 aromatic rings. The summed E-state index contributed by atoms with van der Waals surface area (Å²) in [7, 11) is 1.69. The predicted octanol–water partition coefficient (Wildman–Crippen LogP) is 4.31. The fraction of sp³-hybridized carbons (Fsp3) is 0.250. The molecule has 4 heteroatoms. The van der Waals surface area contributed by atoms with Gasteiger partial charge in [-0.1, -0.05) is 28.1 Å². The molecule has 1 aliphatic rings. The van der Waals surface area contributed by atoms with Crippen LogP contribution in [-0.2, 0) is 0 Å². The van der Waals surface area contributed by atoms with Crippen molar-refractivity contribution in [1.29, 1.82) is 0 Å². The fourth-order valence-corrected chi connectivity index (χ4v) is 2.78. The van der Waals surface area contributed by atoms with E-state index in [1.807, 2.05) is 24.3 Å². The molecule has 0 spiro atoms. The van der Waals surface area contributed by atoms with Crippen LogP contribution < -0.4 is 14.8 Å². The van der Waals surface area contributed by atoms with Crippen LogP contribution in [0.1, 0.15) is 17.2 Å². The van der Waals surface area contributed by atoms with Crippen molar-refractivity contribution < 1.29 is 9.47 Å². The largest absolute Gasteiger partial charge is 0.496 e. The van der Waals surface area contributed by atoms with Crippen molar-refractivity contribution in [1.82, 2.24) is 0 Å². The second-order valence-corrected chi connectivity index (χ2v) is 5.79. The van der Waals surface area contributed by atoms with Crippen LogP contribution in [0.15, 0.2) is 40.9 Å². The summed E-state index contributed by atoms with van der Waals surface area (Å²) in [5.74, 6) is 1.80. The number of benzene rings is 2. The average Bonchev–Trinajstić information content (AvgIpc) is 2.46. The quantitative estimate of drug-likeness (QED) is 0.888. The van der Waals surface area contributed by atoms with Gasteiger partial charge in [-0.3, -0.25) is 0 Å². The van der Waals surface area contributed by atoms with E-state index in [1.54, 1.807) is 7.11 Å². The molecule has 0 aliphatic carbocycles. The fourth-order valence-electron chi connectivity index (χ4n) is 2.44. The third-order valence-electron chi connectivity index (χ3n) is 3.50. The van der Waals surface area contributed by atoms with Crippen molar-refractivity contribution in [2.45, 2.75) is 13.0 Å². The Hall–Kier alpha value is -1.68. The summed E-state index contributed by atoms with van der Waals surface area (Å²) >= 11 is 3.45. The molecule has 1 heterocycles. The molecule has 0 saturated heterocycles. The lowest BCUT2D eigenvalue weighted by atomic mass is 10.0. The zero-order valence-electron chi connectivity index (χ0n) is 11.4. The molecule has 2 aromatic carbocycles. The highest BCUT2D eigenvalue weighted by Gasteiger charge is 2.21. The number of hydrogen-bond donors (Lipinski definition) is 1. The van der Waals surface area contributed by atoms with Gasteiger partial charge in [-0.25, -0.2) is 0 Å². The molecule has 1 aliphatic heterocycles. The molecule has 1 N–H and O–H groups in total. The van der Waals surface area contributed by atoms with Gasteiger partial charge in [0.1, 0.15) is 18.1 Å². The van der Waals surface area contributed by atoms with E-state index >= 15 is 0 Å². The average molecular weight is 334 g/mol. The summed E-state index contributed by atoms with van der Waals surface area (Å²) in [6, 6.07) is 12.4. The first-order chi connectivity index (χ1) is 9.67. The molecule has 0 saturated carbocycles. The van der Waals surface area contributed by atoms with E-state index in [0.29, 0.717) is 6.61 Å². The highest BCUT2D eigenvalue weighted by molar-refractivity contribution is 9.10. The van der Waals surface area contributed by atoms with Crippen LogP contribution in [0.5, 0.6) is 11.5 Å². The maximum atomic E-state index is 5.84. The van der Waals surface area contributed by atoms with Crippen molar-refractivity contribution in [3.63, 3.8) is 0 Å². The minimum Gasteiger partial charge on any atom is -0.496 e. The van der Waals surface area contributed by atoms with E-state index in [9.17, 15) is 0 Å². The smallest absolute Gasteiger partial charge is 0.143 e. The zero-order valence-corrected chi connectivity index (χ0v) is 13.0. The third kappa shape index (κ3) is 2.48. The minimum atomic E-state index is 0.160. The first kappa shape index (κ1) is 13.3. The van der Waals surface area contributed by atoms with Crippen LogP contribution >= 0.6 is 15.9 Å². The van der Waals surface area contributed by atoms with Crippen LogP contribution in [0.2, 0.25) is 0 Å². The number of anilines is 1. The monoisotopic (exact) mass is 333 g/mol. The molecule has 20 heavy (non-hydrogen) atoms. The van der Waals surface area contributed by atoms with Crippen LogP contribution in [0.3, 0.4) is 0 Å². The first-order valence-corrected chi connectivity index (χ1v) is 7.30. The van der Waals surface area contributed by atoms with Gasteiger partial charge in [0.25, 0.3) is 0 Å². The number of nitrogens with one attached hydrogen (secondary N) is 1. The van der Waals surface area contributed by atoms with Gasteiger partial charge in [-0.15, -0.1) is 0 Å². The van der Waals surface area contributed by atoms with Gasteiger partial charge in [0.15, 0.2) is 0 Å². The first-order valence-electron chi connectivity index (χ1n) is 6.51. The summed E-state index contributed by atoms with van der Waals surface area (Å²) in [5.41, 5.74) is 3.36. The van der Waals surface area contributed by atoms with Gasteiger partial charge < -0.3 is 14.8 Å². The van der Waals surface area contributed by atoms with Crippen LogP contribution in [-0.4, -0.2) is 13.7 Å². The molecule has 0 radical (unpaired) electrons. The van der Waals surface area contributed by atoms with Crippen molar-refractivity contribution in [3.05, 3.63) is 52.0 Å². The number of fused-ring (bicyclic) bond motifs is 1. The second-order valence-electron chi connectivity index (χ2n) is 4.88. The number of aryl methyl sites for hydroxylation is 1. The Labute approximate surface area is 127 Å². The predicted molar refractivity (Wildman–Crippen MR) is 83.7 cm³/mol. The molecule has 3 nitrogen and oxygen atoms in total. The third-order valence-corrected chi connectivity index (χ3v) is 3.99. The Kier molecular flexibility index (Phi) is 3.57. The highest BCUT2D eigenvalue weighted by atomic mass is 79.9. The van der Waals surface area contributed by atoms with Crippen LogP contribution in [0, 0.1) is 6.92 Å². The van der Waals surface area contributed by atoms with Crippen molar-refractivity contribution in [3.8, 4) is 11.5 Å². The van der Waals surface area contributed by atoms with Crippen LogP contribution in [0.4, 0.5) is 5.69 Å². The number of ether oxygens (including phenoxy) is 2. The van der Waals surface area contributed by atoms with E-state index in [0.717, 1.165) is 27.2 Å². The van der Waals surface area contributed by atoms with Gasteiger partial charge in [0.05, 0.1) is 18.8 Å². The molecule has 0 bridgehead atoms. The lowest BCUT2D eigenvalue weighted by Crippen LogP contribution is -2.23. The summed E-state index contributed by atoms with van der Waals surface area (Å²) < 4.78 is 12.2. The normalized spacial score (nSPS) is 16.9. The number of methoxy groups -OCH3 is 1.